The van der Waals surface area contributed by atoms with Gasteiger partial charge in [0, 0.05) is 39.4 Å². The molecule has 8 nitrogen and oxygen atoms in total. The van der Waals surface area contributed by atoms with Gasteiger partial charge in [-0.15, -0.1) is 10.2 Å². The second-order valence-corrected chi connectivity index (χ2v) is 8.91. The van der Waals surface area contributed by atoms with Crippen molar-refractivity contribution in [3.05, 3.63) is 53.0 Å². The normalized spacial score (nSPS) is 14.7. The van der Waals surface area contributed by atoms with Crippen LogP contribution in [-0.4, -0.2) is 57.1 Å². The summed E-state index contributed by atoms with van der Waals surface area (Å²) >= 11 is 0. The highest BCUT2D eigenvalue weighted by atomic mass is 19.4. The molecule has 0 bridgehead atoms. The molecular formula is C24H27F4N7O. The summed E-state index contributed by atoms with van der Waals surface area (Å²) in [4.78, 5) is 16.2. The topological polar surface area (TPSA) is 79.2 Å². The van der Waals surface area contributed by atoms with Crippen molar-refractivity contribution in [2.45, 2.75) is 38.9 Å². The molecule has 2 aromatic heterocycles. The highest BCUT2D eigenvalue weighted by Crippen LogP contribution is 2.36. The lowest BCUT2D eigenvalue weighted by molar-refractivity contribution is -0.137. The summed E-state index contributed by atoms with van der Waals surface area (Å²) in [5.74, 6) is -0.256. The second kappa shape index (κ2) is 9.75. The molecule has 1 aromatic carbocycles. The Morgan fingerprint density at radius 1 is 1.11 bits per heavy atom. The fourth-order valence-corrected chi connectivity index (χ4v) is 4.44. The summed E-state index contributed by atoms with van der Waals surface area (Å²) in [7, 11) is 3.39. The van der Waals surface area contributed by atoms with Gasteiger partial charge in [-0.25, -0.2) is 9.18 Å². The molecule has 36 heavy (non-hydrogen) atoms. The maximum atomic E-state index is 13.4. The van der Waals surface area contributed by atoms with Gasteiger partial charge in [0.15, 0.2) is 5.82 Å². The summed E-state index contributed by atoms with van der Waals surface area (Å²) in [6, 6.07) is 3.20. The molecular weight excluding hydrogens is 478 g/mol. The van der Waals surface area contributed by atoms with Gasteiger partial charge in [-0.05, 0) is 62.1 Å². The summed E-state index contributed by atoms with van der Waals surface area (Å²) in [5, 5.41) is 15.4. The number of nitrogens with zero attached hydrogens (tertiary/aromatic N) is 6. The molecule has 1 N–H and O–H groups in total. The van der Waals surface area contributed by atoms with Crippen molar-refractivity contribution in [1.29, 1.82) is 0 Å². The van der Waals surface area contributed by atoms with E-state index in [9.17, 15) is 22.4 Å². The number of aryl methyl sites for hydroxylation is 1. The van der Waals surface area contributed by atoms with Crippen LogP contribution in [0.1, 0.15) is 29.5 Å². The molecule has 1 fully saturated rings. The summed E-state index contributed by atoms with van der Waals surface area (Å²) in [5.41, 5.74) is 1.94. The van der Waals surface area contributed by atoms with Crippen LogP contribution < -0.4 is 10.2 Å². The Hall–Kier alpha value is -3.70. The molecule has 2 amide bonds. The number of halogens is 4. The number of aromatic nitrogens is 4. The predicted octanol–water partition coefficient (Wildman–Crippen LogP) is 4.78. The summed E-state index contributed by atoms with van der Waals surface area (Å²) in [6.07, 6.45) is -1.89. The largest absolute Gasteiger partial charge is 0.418 e. The van der Waals surface area contributed by atoms with Crippen LogP contribution in [0.5, 0.6) is 0 Å². The van der Waals surface area contributed by atoms with Gasteiger partial charge in [-0.1, -0.05) is 0 Å². The Labute approximate surface area is 205 Å². The second-order valence-electron chi connectivity index (χ2n) is 8.91. The molecule has 0 saturated carbocycles. The lowest BCUT2D eigenvalue weighted by atomic mass is 10.0. The van der Waals surface area contributed by atoms with Crippen LogP contribution in [0.15, 0.2) is 30.5 Å². The van der Waals surface area contributed by atoms with E-state index < -0.39 is 29.3 Å². The van der Waals surface area contributed by atoms with Crippen molar-refractivity contribution < 1.29 is 22.4 Å². The van der Waals surface area contributed by atoms with E-state index in [1.165, 1.54) is 4.90 Å². The molecule has 1 aliphatic rings. The first-order chi connectivity index (χ1) is 17.0. The molecule has 0 radical (unpaired) electrons. The molecule has 1 aliphatic heterocycles. The first-order valence-corrected chi connectivity index (χ1v) is 11.4. The van der Waals surface area contributed by atoms with E-state index in [-0.39, 0.29) is 6.04 Å². The molecule has 3 aromatic rings. The van der Waals surface area contributed by atoms with Crippen LogP contribution in [0.4, 0.5) is 33.9 Å². The quantitative estimate of drug-likeness (QED) is 0.516. The molecule has 0 spiro atoms. The lowest BCUT2D eigenvalue weighted by Gasteiger charge is -2.37. The van der Waals surface area contributed by atoms with E-state index in [4.69, 9.17) is 0 Å². The van der Waals surface area contributed by atoms with Gasteiger partial charge in [0.1, 0.15) is 11.5 Å². The smallest absolute Gasteiger partial charge is 0.355 e. The first-order valence-electron chi connectivity index (χ1n) is 11.4. The Kier molecular flexibility index (Phi) is 6.87. The third-order valence-corrected chi connectivity index (χ3v) is 6.72. The highest BCUT2D eigenvalue weighted by Gasteiger charge is 2.35. The average molecular weight is 506 g/mol. The van der Waals surface area contributed by atoms with E-state index in [0.29, 0.717) is 32.0 Å². The molecule has 3 heterocycles. The van der Waals surface area contributed by atoms with Crippen LogP contribution >= 0.6 is 0 Å². The SMILES string of the molecule is Cc1c(-c2ccnn2C)nnc(N2CCC(N(C)C(=O)Nc3ccc(F)cc3C(F)(F)F)CC2)c1C. The number of alkyl halides is 3. The number of rotatable bonds is 4. The minimum absolute atomic E-state index is 0.181. The number of hydrogen-bond donors (Lipinski definition) is 1. The number of carbonyl (C=O) groups is 1. The minimum atomic E-state index is -4.79. The van der Waals surface area contributed by atoms with Crippen LogP contribution in [-0.2, 0) is 13.2 Å². The van der Waals surface area contributed by atoms with E-state index in [0.717, 1.165) is 40.5 Å². The van der Waals surface area contributed by atoms with Gasteiger partial charge in [-0.2, -0.15) is 18.3 Å². The summed E-state index contributed by atoms with van der Waals surface area (Å²) < 4.78 is 54.9. The third-order valence-electron chi connectivity index (χ3n) is 6.72. The van der Waals surface area contributed by atoms with Gasteiger partial charge in [-0.3, -0.25) is 4.68 Å². The van der Waals surface area contributed by atoms with Gasteiger partial charge < -0.3 is 15.1 Å². The maximum absolute atomic E-state index is 13.4. The number of benzene rings is 1. The van der Waals surface area contributed by atoms with Crippen LogP contribution in [0.3, 0.4) is 0 Å². The van der Waals surface area contributed by atoms with E-state index in [2.05, 4.69) is 25.5 Å². The Bertz CT molecular complexity index is 1270. The fourth-order valence-electron chi connectivity index (χ4n) is 4.44. The van der Waals surface area contributed by atoms with E-state index in [1.807, 2.05) is 27.0 Å². The number of amides is 2. The Morgan fingerprint density at radius 3 is 2.42 bits per heavy atom. The van der Waals surface area contributed by atoms with Crippen molar-refractivity contribution in [2.75, 3.05) is 30.4 Å². The number of anilines is 2. The third kappa shape index (κ3) is 4.98. The monoisotopic (exact) mass is 505 g/mol. The minimum Gasteiger partial charge on any atom is -0.355 e. The first kappa shape index (κ1) is 25.4. The number of nitrogens with one attached hydrogen (secondary N) is 1. The van der Waals surface area contributed by atoms with Crippen molar-refractivity contribution in [1.82, 2.24) is 24.9 Å². The lowest BCUT2D eigenvalue weighted by Crippen LogP contribution is -2.47. The number of urea groups is 1. The molecule has 4 rings (SSSR count). The predicted molar refractivity (Wildman–Crippen MR) is 127 cm³/mol. The fraction of sp³-hybridized carbons (Fsp3) is 0.417. The van der Waals surface area contributed by atoms with Crippen LogP contribution in [0.25, 0.3) is 11.4 Å². The molecule has 12 heteroatoms. The van der Waals surface area contributed by atoms with Crippen molar-refractivity contribution >= 4 is 17.5 Å². The number of piperidine rings is 1. The van der Waals surface area contributed by atoms with Crippen molar-refractivity contribution in [3.8, 4) is 11.4 Å². The zero-order valence-electron chi connectivity index (χ0n) is 20.4. The Morgan fingerprint density at radius 2 is 1.81 bits per heavy atom. The number of hydrogen-bond acceptors (Lipinski definition) is 5. The van der Waals surface area contributed by atoms with Crippen LogP contribution in [0, 0.1) is 19.7 Å². The number of carbonyl (C=O) groups excluding carboxylic acids is 1. The van der Waals surface area contributed by atoms with Crippen LogP contribution in [0.2, 0.25) is 0 Å². The Balaban J connectivity index is 1.42. The maximum Gasteiger partial charge on any atom is 0.418 e. The van der Waals surface area contributed by atoms with Crippen molar-refractivity contribution in [2.24, 2.45) is 7.05 Å². The zero-order chi connectivity index (χ0) is 26.2. The zero-order valence-corrected chi connectivity index (χ0v) is 20.4. The average Bonchev–Trinajstić information content (AvgIpc) is 3.26. The highest BCUT2D eigenvalue weighted by molar-refractivity contribution is 5.90. The molecule has 0 atom stereocenters. The molecule has 192 valence electrons. The molecule has 0 unspecified atom stereocenters. The van der Waals surface area contributed by atoms with Gasteiger partial charge >= 0.3 is 12.2 Å². The van der Waals surface area contributed by atoms with Gasteiger partial charge in [0.2, 0.25) is 0 Å². The van der Waals surface area contributed by atoms with E-state index in [1.54, 1.807) is 17.9 Å². The van der Waals surface area contributed by atoms with E-state index >= 15 is 0 Å². The molecule has 1 saturated heterocycles. The van der Waals surface area contributed by atoms with Gasteiger partial charge in [0.25, 0.3) is 0 Å². The van der Waals surface area contributed by atoms with Gasteiger partial charge in [0.05, 0.1) is 16.9 Å². The standard InChI is InChI=1S/C24H27F4N7O/c1-14-15(2)22(32-31-21(14)20-7-10-29-34(20)4)35-11-8-17(9-12-35)33(3)23(36)30-19-6-5-16(25)13-18(19)24(26,27)28/h5-7,10,13,17H,8-9,11-12H2,1-4H3,(H,30,36). The molecule has 0 aliphatic carbocycles. The van der Waals surface area contributed by atoms with Crippen molar-refractivity contribution in [3.63, 3.8) is 0 Å². The summed E-state index contributed by atoms with van der Waals surface area (Å²) in [6.45, 7) is 5.19.